The predicted octanol–water partition coefficient (Wildman–Crippen LogP) is 4.85. The fraction of sp³-hybridized carbons (Fsp3) is 0.150. The van der Waals surface area contributed by atoms with Crippen molar-refractivity contribution < 1.29 is 27.3 Å². The number of nitrogens with zero attached hydrogens (tertiary/aromatic N) is 1. The van der Waals surface area contributed by atoms with Gasteiger partial charge in [-0.25, -0.2) is 0 Å². The van der Waals surface area contributed by atoms with E-state index < -0.39 is 24.5 Å². The first-order chi connectivity index (χ1) is 14.2. The van der Waals surface area contributed by atoms with Crippen LogP contribution in [0.15, 0.2) is 53.1 Å². The van der Waals surface area contributed by atoms with Gasteiger partial charge in [-0.05, 0) is 37.3 Å². The van der Waals surface area contributed by atoms with Gasteiger partial charge in [0.1, 0.15) is 23.6 Å². The lowest BCUT2D eigenvalue weighted by atomic mass is 10.1. The quantitative estimate of drug-likeness (QED) is 0.597. The number of hydrogen-bond acceptors (Lipinski definition) is 4. The molecule has 0 atom stereocenters. The molecule has 2 aromatic carbocycles. The fourth-order valence-corrected chi connectivity index (χ4v) is 2.88. The molecule has 2 amide bonds. The van der Waals surface area contributed by atoms with Gasteiger partial charge in [0.05, 0.1) is 5.02 Å². The van der Waals surface area contributed by atoms with Gasteiger partial charge < -0.3 is 15.2 Å². The van der Waals surface area contributed by atoms with Crippen molar-refractivity contribution in [2.24, 2.45) is 0 Å². The molecule has 0 bridgehead atoms. The number of carbonyl (C=O) groups is 2. The lowest BCUT2D eigenvalue weighted by Crippen LogP contribution is -2.33. The summed E-state index contributed by atoms with van der Waals surface area (Å²) in [4.78, 5) is 24.5. The van der Waals surface area contributed by atoms with E-state index in [1.54, 1.807) is 36.5 Å². The molecule has 3 aromatic rings. The number of benzene rings is 2. The van der Waals surface area contributed by atoms with Crippen LogP contribution in [0.1, 0.15) is 26.5 Å². The SMILES string of the molecule is Cc1onc(-c2ccccc2Cl)c1C(=O)Nc1ccc(C(=O)NCC(F)(F)F)cc1. The van der Waals surface area contributed by atoms with Crippen LogP contribution < -0.4 is 10.6 Å². The van der Waals surface area contributed by atoms with Crippen molar-refractivity contribution >= 4 is 29.1 Å². The van der Waals surface area contributed by atoms with E-state index in [0.717, 1.165) is 0 Å². The lowest BCUT2D eigenvalue weighted by molar-refractivity contribution is -0.123. The van der Waals surface area contributed by atoms with Gasteiger partial charge in [-0.15, -0.1) is 0 Å². The average molecular weight is 438 g/mol. The zero-order valence-electron chi connectivity index (χ0n) is 15.5. The molecule has 0 saturated heterocycles. The Labute approximate surface area is 174 Å². The van der Waals surface area contributed by atoms with Crippen molar-refractivity contribution in [3.63, 3.8) is 0 Å². The third-order valence-corrected chi connectivity index (χ3v) is 4.40. The maximum Gasteiger partial charge on any atom is 0.405 e. The second-order valence-corrected chi connectivity index (χ2v) is 6.68. The minimum absolute atomic E-state index is 0.0233. The zero-order valence-corrected chi connectivity index (χ0v) is 16.3. The first-order valence-electron chi connectivity index (χ1n) is 8.63. The van der Waals surface area contributed by atoms with Gasteiger partial charge >= 0.3 is 6.18 Å². The van der Waals surface area contributed by atoms with Crippen molar-refractivity contribution in [2.45, 2.75) is 13.1 Å². The van der Waals surface area contributed by atoms with Crippen molar-refractivity contribution in [1.82, 2.24) is 10.5 Å². The van der Waals surface area contributed by atoms with Crippen molar-refractivity contribution in [3.05, 3.63) is 70.4 Å². The Hall–Kier alpha value is -3.33. The Morgan fingerprint density at radius 3 is 2.37 bits per heavy atom. The number of aromatic nitrogens is 1. The Morgan fingerprint density at radius 1 is 1.07 bits per heavy atom. The van der Waals surface area contributed by atoms with E-state index in [1.807, 2.05) is 0 Å². The molecule has 0 saturated carbocycles. The predicted molar refractivity (Wildman–Crippen MR) is 104 cm³/mol. The molecule has 0 aliphatic heterocycles. The third-order valence-electron chi connectivity index (χ3n) is 4.07. The standard InChI is InChI=1S/C20H15ClF3N3O3/c1-11-16(17(27-30-11)14-4-2-3-5-15(14)21)19(29)26-13-8-6-12(7-9-13)18(28)25-10-20(22,23)24/h2-9H,10H2,1H3,(H,25,28)(H,26,29). The van der Waals surface area contributed by atoms with Gasteiger partial charge in [-0.3, -0.25) is 9.59 Å². The smallest absolute Gasteiger partial charge is 0.360 e. The summed E-state index contributed by atoms with van der Waals surface area (Å²) >= 11 is 6.18. The van der Waals surface area contributed by atoms with Crippen LogP contribution in [0.25, 0.3) is 11.3 Å². The normalized spacial score (nSPS) is 11.2. The first-order valence-corrected chi connectivity index (χ1v) is 9.01. The van der Waals surface area contributed by atoms with Crippen LogP contribution in [0.3, 0.4) is 0 Å². The summed E-state index contributed by atoms with van der Waals surface area (Å²) in [6, 6.07) is 12.3. The number of hydrogen-bond donors (Lipinski definition) is 2. The van der Waals surface area contributed by atoms with Crippen molar-refractivity contribution in [2.75, 3.05) is 11.9 Å². The molecule has 0 spiro atoms. The molecule has 0 unspecified atom stereocenters. The number of aryl methyl sites for hydroxylation is 1. The minimum atomic E-state index is -4.50. The summed E-state index contributed by atoms with van der Waals surface area (Å²) in [6.07, 6.45) is -4.50. The Kier molecular flexibility index (Phi) is 6.12. The van der Waals surface area contributed by atoms with Gasteiger partial charge in [0.25, 0.3) is 11.8 Å². The van der Waals surface area contributed by atoms with E-state index in [4.69, 9.17) is 16.1 Å². The van der Waals surface area contributed by atoms with E-state index >= 15 is 0 Å². The monoisotopic (exact) mass is 437 g/mol. The molecule has 156 valence electrons. The maximum absolute atomic E-state index is 12.8. The summed E-state index contributed by atoms with van der Waals surface area (Å²) in [6.45, 7) is 0.151. The number of nitrogens with one attached hydrogen (secondary N) is 2. The minimum Gasteiger partial charge on any atom is -0.360 e. The summed E-state index contributed by atoms with van der Waals surface area (Å²) in [5, 5.41) is 8.74. The topological polar surface area (TPSA) is 84.2 Å². The van der Waals surface area contributed by atoms with Crippen LogP contribution in [0.4, 0.5) is 18.9 Å². The van der Waals surface area contributed by atoms with Crippen molar-refractivity contribution in [1.29, 1.82) is 0 Å². The Bertz CT molecular complexity index is 1080. The number of alkyl halides is 3. The summed E-state index contributed by atoms with van der Waals surface area (Å²) in [7, 11) is 0. The van der Waals surface area contributed by atoms with Gasteiger partial charge in [0.15, 0.2) is 0 Å². The summed E-state index contributed by atoms with van der Waals surface area (Å²) in [5.41, 5.74) is 1.35. The molecule has 6 nitrogen and oxygen atoms in total. The largest absolute Gasteiger partial charge is 0.405 e. The van der Waals surface area contributed by atoms with Crippen molar-refractivity contribution in [3.8, 4) is 11.3 Å². The second kappa shape index (κ2) is 8.58. The molecule has 0 aliphatic carbocycles. The van der Waals surface area contributed by atoms with Gasteiger partial charge in [0, 0.05) is 16.8 Å². The summed E-state index contributed by atoms with van der Waals surface area (Å²) < 4.78 is 41.8. The van der Waals surface area contributed by atoms with Gasteiger partial charge in [-0.2, -0.15) is 13.2 Å². The molecular formula is C20H15ClF3N3O3. The van der Waals surface area contributed by atoms with Gasteiger partial charge in [0.2, 0.25) is 0 Å². The molecular weight excluding hydrogens is 423 g/mol. The van der Waals surface area contributed by atoms with E-state index in [9.17, 15) is 22.8 Å². The molecule has 10 heteroatoms. The highest BCUT2D eigenvalue weighted by molar-refractivity contribution is 6.33. The lowest BCUT2D eigenvalue weighted by Gasteiger charge is -2.09. The summed E-state index contributed by atoms with van der Waals surface area (Å²) in [5.74, 6) is -1.11. The third kappa shape index (κ3) is 4.98. The van der Waals surface area contributed by atoms with E-state index in [2.05, 4.69) is 10.5 Å². The van der Waals surface area contributed by atoms with Crippen LogP contribution in [-0.2, 0) is 0 Å². The molecule has 30 heavy (non-hydrogen) atoms. The molecule has 0 aliphatic rings. The highest BCUT2D eigenvalue weighted by Gasteiger charge is 2.28. The van der Waals surface area contributed by atoms with E-state index in [0.29, 0.717) is 16.3 Å². The molecule has 2 N–H and O–H groups in total. The first kappa shape index (κ1) is 21.4. The Balaban J connectivity index is 1.75. The van der Waals surface area contributed by atoms with Crippen LogP contribution in [0, 0.1) is 6.92 Å². The van der Waals surface area contributed by atoms with Crippen LogP contribution in [-0.4, -0.2) is 29.7 Å². The fourth-order valence-electron chi connectivity index (χ4n) is 2.66. The molecule has 1 aromatic heterocycles. The number of halogens is 4. The highest BCUT2D eigenvalue weighted by Crippen LogP contribution is 2.31. The highest BCUT2D eigenvalue weighted by atomic mass is 35.5. The number of rotatable bonds is 5. The zero-order chi connectivity index (χ0) is 21.9. The second-order valence-electron chi connectivity index (χ2n) is 6.27. The number of anilines is 1. The molecule has 3 rings (SSSR count). The molecule has 1 heterocycles. The van der Waals surface area contributed by atoms with Gasteiger partial charge in [-0.1, -0.05) is 35.0 Å². The molecule has 0 fully saturated rings. The van der Waals surface area contributed by atoms with Crippen LogP contribution in [0.5, 0.6) is 0 Å². The van der Waals surface area contributed by atoms with E-state index in [-0.39, 0.29) is 22.6 Å². The van der Waals surface area contributed by atoms with Crippen LogP contribution in [0.2, 0.25) is 5.02 Å². The van der Waals surface area contributed by atoms with E-state index in [1.165, 1.54) is 24.3 Å². The molecule has 0 radical (unpaired) electrons. The Morgan fingerprint density at radius 2 is 1.73 bits per heavy atom. The van der Waals surface area contributed by atoms with Crippen LogP contribution >= 0.6 is 11.6 Å². The maximum atomic E-state index is 12.8. The average Bonchev–Trinajstić information content (AvgIpc) is 3.08. The number of amides is 2. The number of carbonyl (C=O) groups excluding carboxylic acids is 2.